The van der Waals surface area contributed by atoms with Gasteiger partial charge in [-0.2, -0.15) is 0 Å². The Bertz CT molecular complexity index is 756. The van der Waals surface area contributed by atoms with E-state index in [0.717, 1.165) is 23.8 Å². The van der Waals surface area contributed by atoms with Gasteiger partial charge in [-0.05, 0) is 36.1 Å². The molecule has 2 amide bonds. The van der Waals surface area contributed by atoms with Gasteiger partial charge >= 0.3 is 0 Å². The third kappa shape index (κ3) is 4.32. The number of anilines is 1. The zero-order valence-electron chi connectivity index (χ0n) is 14.0. The van der Waals surface area contributed by atoms with Gasteiger partial charge < -0.3 is 15.1 Å². The average molecular weight is 378 g/mol. The zero-order valence-corrected chi connectivity index (χ0v) is 15.6. The fourth-order valence-corrected chi connectivity index (χ4v) is 3.69. The molecule has 0 atom stereocenters. The molecule has 0 aliphatic carbocycles. The third-order valence-corrected chi connectivity index (χ3v) is 5.39. The number of benzene rings is 1. The molecular weight excluding hydrogens is 358 g/mol. The number of nitrogens with zero attached hydrogens (tertiary/aromatic N) is 2. The summed E-state index contributed by atoms with van der Waals surface area (Å²) >= 11 is 7.46. The van der Waals surface area contributed by atoms with E-state index in [0.29, 0.717) is 18.0 Å². The van der Waals surface area contributed by atoms with E-state index in [1.807, 2.05) is 29.6 Å². The summed E-state index contributed by atoms with van der Waals surface area (Å²) in [5.41, 5.74) is 2.29. The highest BCUT2D eigenvalue weighted by Crippen LogP contribution is 2.25. The van der Waals surface area contributed by atoms with Gasteiger partial charge in [-0.3, -0.25) is 9.59 Å². The topological polar surface area (TPSA) is 52.6 Å². The van der Waals surface area contributed by atoms with Gasteiger partial charge in [-0.15, -0.1) is 11.3 Å². The van der Waals surface area contributed by atoms with E-state index in [9.17, 15) is 9.59 Å². The molecule has 0 bridgehead atoms. The van der Waals surface area contributed by atoms with Crippen LogP contribution >= 0.6 is 22.9 Å². The SMILES string of the molecule is Cc1ccc(Cl)cc1N1CCN(C(=O)CNC(=O)c2cccs2)CC1. The summed E-state index contributed by atoms with van der Waals surface area (Å²) in [6, 6.07) is 9.43. The smallest absolute Gasteiger partial charge is 0.261 e. The van der Waals surface area contributed by atoms with Crippen molar-refractivity contribution in [1.29, 1.82) is 0 Å². The molecule has 0 saturated carbocycles. The maximum absolute atomic E-state index is 12.3. The second kappa shape index (κ2) is 7.89. The van der Waals surface area contributed by atoms with Gasteiger partial charge in [0, 0.05) is 36.9 Å². The Kier molecular flexibility index (Phi) is 5.60. The molecule has 1 saturated heterocycles. The van der Waals surface area contributed by atoms with E-state index >= 15 is 0 Å². The Morgan fingerprint density at radius 2 is 1.96 bits per heavy atom. The molecule has 0 radical (unpaired) electrons. The van der Waals surface area contributed by atoms with Crippen LogP contribution in [0.25, 0.3) is 0 Å². The highest BCUT2D eigenvalue weighted by molar-refractivity contribution is 7.12. The summed E-state index contributed by atoms with van der Waals surface area (Å²) in [7, 11) is 0. The van der Waals surface area contributed by atoms with Crippen LogP contribution in [-0.4, -0.2) is 49.4 Å². The molecule has 0 unspecified atom stereocenters. The third-order valence-electron chi connectivity index (χ3n) is 4.29. The number of nitrogens with one attached hydrogen (secondary N) is 1. The maximum Gasteiger partial charge on any atom is 0.261 e. The van der Waals surface area contributed by atoms with Gasteiger partial charge in [0.15, 0.2) is 0 Å². The minimum atomic E-state index is -0.198. The van der Waals surface area contributed by atoms with Crippen LogP contribution in [0.15, 0.2) is 35.7 Å². The lowest BCUT2D eigenvalue weighted by Crippen LogP contribution is -2.51. The summed E-state index contributed by atoms with van der Waals surface area (Å²) in [5.74, 6) is -0.246. The van der Waals surface area contributed by atoms with Crippen molar-refractivity contribution < 1.29 is 9.59 Å². The van der Waals surface area contributed by atoms with E-state index < -0.39 is 0 Å². The number of aryl methyl sites for hydroxylation is 1. The van der Waals surface area contributed by atoms with Gasteiger partial charge in [-0.25, -0.2) is 0 Å². The minimum Gasteiger partial charge on any atom is -0.368 e. The second-order valence-electron chi connectivity index (χ2n) is 5.96. The van der Waals surface area contributed by atoms with Crippen molar-refractivity contribution in [3.63, 3.8) is 0 Å². The number of hydrogen-bond donors (Lipinski definition) is 1. The van der Waals surface area contributed by atoms with Crippen molar-refractivity contribution in [1.82, 2.24) is 10.2 Å². The Morgan fingerprint density at radius 3 is 2.64 bits per heavy atom. The molecule has 5 nitrogen and oxygen atoms in total. The molecule has 1 aromatic carbocycles. The average Bonchev–Trinajstić information content (AvgIpc) is 3.16. The highest BCUT2D eigenvalue weighted by Gasteiger charge is 2.22. The lowest BCUT2D eigenvalue weighted by atomic mass is 10.1. The molecule has 1 aromatic heterocycles. The van der Waals surface area contributed by atoms with Gasteiger partial charge in [-0.1, -0.05) is 23.7 Å². The first-order valence-corrected chi connectivity index (χ1v) is 9.41. The van der Waals surface area contributed by atoms with Gasteiger partial charge in [0.2, 0.25) is 5.91 Å². The summed E-state index contributed by atoms with van der Waals surface area (Å²) in [4.78, 5) is 28.9. The van der Waals surface area contributed by atoms with Crippen molar-refractivity contribution >= 4 is 40.4 Å². The van der Waals surface area contributed by atoms with Crippen LogP contribution in [0.1, 0.15) is 15.2 Å². The molecule has 3 rings (SSSR count). The number of carbonyl (C=O) groups excluding carboxylic acids is 2. The van der Waals surface area contributed by atoms with Crippen LogP contribution in [0.5, 0.6) is 0 Å². The molecule has 1 N–H and O–H groups in total. The first kappa shape index (κ1) is 17.8. The Labute approximate surface area is 156 Å². The summed E-state index contributed by atoms with van der Waals surface area (Å²) in [5, 5.41) is 5.25. The van der Waals surface area contributed by atoms with E-state index in [-0.39, 0.29) is 18.4 Å². The molecule has 2 heterocycles. The van der Waals surface area contributed by atoms with Crippen LogP contribution in [-0.2, 0) is 4.79 Å². The number of halogens is 1. The summed E-state index contributed by atoms with van der Waals surface area (Å²) in [6.45, 7) is 4.88. The zero-order chi connectivity index (χ0) is 17.8. The van der Waals surface area contributed by atoms with Crippen molar-refractivity contribution in [2.45, 2.75) is 6.92 Å². The molecule has 1 fully saturated rings. The highest BCUT2D eigenvalue weighted by atomic mass is 35.5. The standard InChI is InChI=1S/C18H20ClN3O2S/c1-13-4-5-14(19)11-15(13)21-6-8-22(9-7-21)17(23)12-20-18(24)16-3-2-10-25-16/h2-5,10-11H,6-9,12H2,1H3,(H,20,24). The van der Waals surface area contributed by atoms with Crippen LogP contribution in [0, 0.1) is 6.92 Å². The summed E-state index contributed by atoms with van der Waals surface area (Å²) in [6.07, 6.45) is 0. The summed E-state index contributed by atoms with van der Waals surface area (Å²) < 4.78 is 0. The van der Waals surface area contributed by atoms with Gasteiger partial charge in [0.05, 0.1) is 11.4 Å². The molecule has 132 valence electrons. The lowest BCUT2D eigenvalue weighted by Gasteiger charge is -2.37. The Morgan fingerprint density at radius 1 is 1.20 bits per heavy atom. The first-order chi connectivity index (χ1) is 12.0. The number of amides is 2. The monoisotopic (exact) mass is 377 g/mol. The van der Waals surface area contributed by atoms with E-state index in [2.05, 4.69) is 17.1 Å². The fourth-order valence-electron chi connectivity index (χ4n) is 2.88. The molecular formula is C18H20ClN3O2S. The Balaban J connectivity index is 1.51. The number of hydrogen-bond acceptors (Lipinski definition) is 4. The van der Waals surface area contributed by atoms with Crippen molar-refractivity contribution in [3.05, 3.63) is 51.2 Å². The number of piperazine rings is 1. The molecule has 1 aliphatic rings. The second-order valence-corrected chi connectivity index (χ2v) is 7.34. The first-order valence-electron chi connectivity index (χ1n) is 8.15. The van der Waals surface area contributed by atoms with E-state index in [4.69, 9.17) is 11.6 Å². The van der Waals surface area contributed by atoms with Crippen LogP contribution < -0.4 is 10.2 Å². The number of carbonyl (C=O) groups is 2. The fraction of sp³-hybridized carbons (Fsp3) is 0.333. The number of thiophene rings is 1. The van der Waals surface area contributed by atoms with Crippen molar-refractivity contribution in [2.24, 2.45) is 0 Å². The molecule has 0 spiro atoms. The Hall–Kier alpha value is -2.05. The lowest BCUT2D eigenvalue weighted by molar-refractivity contribution is -0.130. The van der Waals surface area contributed by atoms with Crippen LogP contribution in [0.4, 0.5) is 5.69 Å². The molecule has 1 aliphatic heterocycles. The largest absolute Gasteiger partial charge is 0.368 e. The normalized spacial score (nSPS) is 14.5. The van der Waals surface area contributed by atoms with Crippen molar-refractivity contribution in [2.75, 3.05) is 37.6 Å². The van der Waals surface area contributed by atoms with E-state index in [1.54, 1.807) is 11.0 Å². The quantitative estimate of drug-likeness (QED) is 0.891. The molecule has 2 aromatic rings. The van der Waals surface area contributed by atoms with E-state index in [1.165, 1.54) is 16.9 Å². The molecule has 7 heteroatoms. The minimum absolute atomic E-state index is 0.0346. The van der Waals surface area contributed by atoms with Gasteiger partial charge in [0.1, 0.15) is 0 Å². The predicted octanol–water partition coefficient (Wildman–Crippen LogP) is 2.79. The van der Waals surface area contributed by atoms with Crippen molar-refractivity contribution in [3.8, 4) is 0 Å². The van der Waals surface area contributed by atoms with Gasteiger partial charge in [0.25, 0.3) is 5.91 Å². The maximum atomic E-state index is 12.3. The predicted molar refractivity (Wildman–Crippen MR) is 102 cm³/mol. The molecule has 25 heavy (non-hydrogen) atoms. The number of rotatable bonds is 4. The van der Waals surface area contributed by atoms with Crippen LogP contribution in [0.3, 0.4) is 0 Å². The van der Waals surface area contributed by atoms with Crippen LogP contribution in [0.2, 0.25) is 5.02 Å².